The Morgan fingerprint density at radius 2 is 2.14 bits per heavy atom. The summed E-state index contributed by atoms with van der Waals surface area (Å²) in [6.07, 6.45) is 1.46. The van der Waals surface area contributed by atoms with E-state index in [1.54, 1.807) is 0 Å². The number of nitro groups is 1. The fraction of sp³-hybridized carbons (Fsp3) is 0.462. The molecule has 1 aromatic carbocycles. The lowest BCUT2D eigenvalue weighted by molar-refractivity contribution is -0.384. The van der Waals surface area contributed by atoms with Gasteiger partial charge in [0.1, 0.15) is 11.6 Å². The molecule has 1 rings (SSSR count). The van der Waals surface area contributed by atoms with Crippen molar-refractivity contribution in [3.8, 4) is 6.07 Å². The van der Waals surface area contributed by atoms with Crippen LogP contribution in [0.15, 0.2) is 18.2 Å². The van der Waals surface area contributed by atoms with Crippen molar-refractivity contribution in [1.29, 1.82) is 5.26 Å². The van der Waals surface area contributed by atoms with Gasteiger partial charge in [0.15, 0.2) is 0 Å². The minimum absolute atomic E-state index is 0.113. The Balaban J connectivity index is 2.97. The zero-order valence-electron chi connectivity index (χ0n) is 12.0. The summed E-state index contributed by atoms with van der Waals surface area (Å²) < 4.78 is 25.8. The highest BCUT2D eigenvalue weighted by atomic mass is 35.5. The normalized spacial score (nSPS) is 11.4. The van der Waals surface area contributed by atoms with Crippen LogP contribution in [0.2, 0.25) is 5.02 Å². The number of hydrogen-bond acceptors (Lipinski definition) is 5. The topological polar surface area (TPSA) is 104 Å². The number of sulfonamides is 1. The van der Waals surface area contributed by atoms with Gasteiger partial charge in [-0.2, -0.15) is 9.57 Å². The third-order valence-corrected chi connectivity index (χ3v) is 5.06. The number of hydrogen-bond donors (Lipinski definition) is 0. The van der Waals surface area contributed by atoms with Gasteiger partial charge in [-0.05, 0) is 18.1 Å². The Morgan fingerprint density at radius 3 is 2.64 bits per heavy atom. The van der Waals surface area contributed by atoms with Crippen LogP contribution in [0.4, 0.5) is 5.69 Å². The number of benzene rings is 1. The maximum absolute atomic E-state index is 12.3. The Bertz CT molecular complexity index is 685. The lowest BCUT2D eigenvalue weighted by atomic mass is 10.2. The highest BCUT2D eigenvalue weighted by molar-refractivity contribution is 7.88. The molecule has 0 saturated heterocycles. The summed E-state index contributed by atoms with van der Waals surface area (Å²) in [5, 5.41) is 19.3. The molecule has 0 spiro atoms. The molecule has 0 radical (unpaired) electrons. The molecule has 0 aliphatic heterocycles. The van der Waals surface area contributed by atoms with Gasteiger partial charge in [-0.3, -0.25) is 10.1 Å². The van der Waals surface area contributed by atoms with E-state index in [0.717, 1.165) is 10.7 Å². The van der Waals surface area contributed by atoms with Crippen molar-refractivity contribution in [1.82, 2.24) is 4.31 Å². The van der Waals surface area contributed by atoms with Gasteiger partial charge < -0.3 is 0 Å². The largest absolute Gasteiger partial charge is 0.287 e. The average Bonchev–Trinajstić information content (AvgIpc) is 2.42. The summed E-state index contributed by atoms with van der Waals surface area (Å²) in [4.78, 5) is 10.1. The molecule has 0 N–H and O–H groups in total. The molecule has 0 bridgehead atoms. The number of unbranched alkanes of at least 4 members (excludes halogenated alkanes) is 1. The average molecular weight is 346 g/mol. The van der Waals surface area contributed by atoms with Crippen LogP contribution >= 0.6 is 11.6 Å². The molecule has 9 heteroatoms. The number of nitriles is 1. The first-order valence-electron chi connectivity index (χ1n) is 6.59. The van der Waals surface area contributed by atoms with Crippen LogP contribution in [0.5, 0.6) is 0 Å². The van der Waals surface area contributed by atoms with Crippen molar-refractivity contribution < 1.29 is 13.3 Å². The van der Waals surface area contributed by atoms with E-state index < -0.39 is 14.9 Å². The third-order valence-electron chi connectivity index (χ3n) is 2.96. The standard InChI is InChI=1S/C13H16ClN3O4S/c1-2-3-7-16(8-6-15)22(20,21)10-11-4-5-13(17(18)19)12(14)9-11/h4-5,9H,2-3,7-8,10H2,1H3. The SMILES string of the molecule is CCCCN(CC#N)S(=O)(=O)Cc1ccc([N+](=O)[O-])c(Cl)c1. The Labute approximate surface area is 134 Å². The van der Waals surface area contributed by atoms with Crippen molar-refractivity contribution in [2.45, 2.75) is 25.5 Å². The van der Waals surface area contributed by atoms with Crippen molar-refractivity contribution in [3.63, 3.8) is 0 Å². The maximum Gasteiger partial charge on any atom is 0.287 e. The van der Waals surface area contributed by atoms with Crippen molar-refractivity contribution in [2.24, 2.45) is 0 Å². The Hall–Kier alpha value is -1.69. The first-order valence-corrected chi connectivity index (χ1v) is 8.58. The van der Waals surface area contributed by atoms with Gasteiger partial charge in [-0.1, -0.05) is 31.0 Å². The predicted molar refractivity (Wildman–Crippen MR) is 82.8 cm³/mol. The lowest BCUT2D eigenvalue weighted by Gasteiger charge is -2.19. The molecular formula is C13H16ClN3O4S. The lowest BCUT2D eigenvalue weighted by Crippen LogP contribution is -2.33. The summed E-state index contributed by atoms with van der Waals surface area (Å²) in [5.74, 6) is -0.351. The highest BCUT2D eigenvalue weighted by Crippen LogP contribution is 2.26. The second-order valence-corrected chi connectivity index (χ2v) is 7.02. The molecule has 0 heterocycles. The molecule has 0 fully saturated rings. The molecule has 0 aromatic heterocycles. The molecule has 1 aromatic rings. The van der Waals surface area contributed by atoms with Crippen molar-refractivity contribution >= 4 is 27.3 Å². The number of rotatable bonds is 8. The monoisotopic (exact) mass is 345 g/mol. The minimum atomic E-state index is -3.68. The molecule has 0 aliphatic rings. The number of nitrogens with zero attached hydrogens (tertiary/aromatic N) is 3. The summed E-state index contributed by atoms with van der Waals surface area (Å²) in [6.45, 7) is 1.98. The van der Waals surface area contributed by atoms with Crippen LogP contribution in [-0.4, -0.2) is 30.7 Å². The van der Waals surface area contributed by atoms with E-state index in [2.05, 4.69) is 0 Å². The van der Waals surface area contributed by atoms with Crippen LogP contribution < -0.4 is 0 Å². The smallest absolute Gasteiger partial charge is 0.258 e. The molecule has 22 heavy (non-hydrogen) atoms. The van der Waals surface area contributed by atoms with E-state index in [-0.39, 0.29) is 29.6 Å². The fourth-order valence-electron chi connectivity index (χ4n) is 1.82. The molecule has 0 atom stereocenters. The summed E-state index contributed by atoms with van der Waals surface area (Å²) in [7, 11) is -3.68. The quantitative estimate of drug-likeness (QED) is 0.409. The van der Waals surface area contributed by atoms with Crippen LogP contribution in [0.1, 0.15) is 25.3 Å². The van der Waals surface area contributed by atoms with Gasteiger partial charge in [-0.25, -0.2) is 8.42 Å². The maximum atomic E-state index is 12.3. The summed E-state index contributed by atoms with van der Waals surface area (Å²) in [6, 6.07) is 5.63. The first kappa shape index (κ1) is 18.4. The number of nitro benzene ring substituents is 1. The van der Waals surface area contributed by atoms with E-state index in [1.165, 1.54) is 18.2 Å². The van der Waals surface area contributed by atoms with E-state index in [9.17, 15) is 18.5 Å². The minimum Gasteiger partial charge on any atom is -0.258 e. The zero-order chi connectivity index (χ0) is 16.8. The van der Waals surface area contributed by atoms with Crippen LogP contribution in [0.3, 0.4) is 0 Å². The van der Waals surface area contributed by atoms with Gasteiger partial charge in [-0.15, -0.1) is 0 Å². The van der Waals surface area contributed by atoms with E-state index in [1.807, 2.05) is 13.0 Å². The molecular weight excluding hydrogens is 330 g/mol. The van der Waals surface area contributed by atoms with Crippen molar-refractivity contribution in [3.05, 3.63) is 38.9 Å². The molecule has 0 aliphatic carbocycles. The highest BCUT2D eigenvalue weighted by Gasteiger charge is 2.23. The summed E-state index contributed by atoms with van der Waals surface area (Å²) in [5.41, 5.74) is 0.0673. The molecule has 120 valence electrons. The van der Waals surface area contributed by atoms with Gasteiger partial charge in [0.05, 0.1) is 16.7 Å². The van der Waals surface area contributed by atoms with Crippen LogP contribution in [0.25, 0.3) is 0 Å². The summed E-state index contributed by atoms with van der Waals surface area (Å²) >= 11 is 5.78. The second kappa shape index (κ2) is 8.08. The second-order valence-electron chi connectivity index (χ2n) is 4.64. The molecule has 0 unspecified atom stereocenters. The van der Waals surface area contributed by atoms with Crippen LogP contribution in [0, 0.1) is 21.4 Å². The van der Waals surface area contributed by atoms with E-state index in [0.29, 0.717) is 12.0 Å². The Morgan fingerprint density at radius 1 is 1.45 bits per heavy atom. The predicted octanol–water partition coefficient (Wildman–Crippen LogP) is 2.70. The third kappa shape index (κ3) is 4.94. The Kier molecular flexibility index (Phi) is 6.74. The van der Waals surface area contributed by atoms with E-state index >= 15 is 0 Å². The van der Waals surface area contributed by atoms with Gasteiger partial charge in [0, 0.05) is 12.6 Å². The van der Waals surface area contributed by atoms with Crippen LogP contribution in [-0.2, 0) is 15.8 Å². The van der Waals surface area contributed by atoms with Gasteiger partial charge in [0.25, 0.3) is 5.69 Å². The number of halogens is 1. The molecule has 0 amide bonds. The molecule has 7 nitrogen and oxygen atoms in total. The van der Waals surface area contributed by atoms with Gasteiger partial charge in [0.2, 0.25) is 10.0 Å². The van der Waals surface area contributed by atoms with Gasteiger partial charge >= 0.3 is 0 Å². The molecule has 0 saturated carbocycles. The zero-order valence-corrected chi connectivity index (χ0v) is 13.6. The first-order chi connectivity index (χ1) is 10.3. The van der Waals surface area contributed by atoms with E-state index in [4.69, 9.17) is 16.9 Å². The van der Waals surface area contributed by atoms with Crippen molar-refractivity contribution in [2.75, 3.05) is 13.1 Å². The fourth-order valence-corrected chi connectivity index (χ4v) is 3.54.